The Kier molecular flexibility index (Phi) is 3.41. The van der Waals surface area contributed by atoms with Gasteiger partial charge in [0.25, 0.3) is 0 Å². The van der Waals surface area contributed by atoms with Gasteiger partial charge in [0.2, 0.25) is 0 Å². The van der Waals surface area contributed by atoms with E-state index in [2.05, 4.69) is 56.3 Å². The predicted octanol–water partition coefficient (Wildman–Crippen LogP) is 2.64. The van der Waals surface area contributed by atoms with Gasteiger partial charge in [-0.2, -0.15) is 0 Å². The van der Waals surface area contributed by atoms with E-state index in [1.54, 1.807) is 0 Å². The number of fused-ring (bicyclic) bond motifs is 1. The molecule has 1 fully saturated rings. The van der Waals surface area contributed by atoms with E-state index in [0.717, 1.165) is 37.2 Å². The Morgan fingerprint density at radius 2 is 2.06 bits per heavy atom. The number of H-pyrrole nitrogens is 1. The third-order valence-electron chi connectivity index (χ3n) is 3.72. The molecule has 0 unspecified atom stereocenters. The van der Waals surface area contributed by atoms with E-state index in [4.69, 9.17) is 0 Å². The number of hydrogen-bond acceptors (Lipinski definition) is 2. The summed E-state index contributed by atoms with van der Waals surface area (Å²) in [7, 11) is 0. The maximum Gasteiger partial charge on any atom is 0.0470 e. The lowest BCUT2D eigenvalue weighted by atomic mass is 10.1. The predicted molar refractivity (Wildman–Crippen MR) is 78.9 cm³/mol. The highest BCUT2D eigenvalue weighted by atomic mass is 79.9. The summed E-state index contributed by atoms with van der Waals surface area (Å²) < 4.78 is 1.13. The van der Waals surface area contributed by atoms with Crippen molar-refractivity contribution < 1.29 is 0 Å². The van der Waals surface area contributed by atoms with Gasteiger partial charge in [-0.3, -0.25) is 4.90 Å². The molecule has 2 N–H and O–H groups in total. The lowest BCUT2D eigenvalue weighted by molar-refractivity contribution is 0.231. The number of halogens is 1. The van der Waals surface area contributed by atoms with Crippen LogP contribution in [0.5, 0.6) is 0 Å². The number of rotatable bonds is 2. The van der Waals surface area contributed by atoms with E-state index >= 15 is 0 Å². The van der Waals surface area contributed by atoms with E-state index in [1.165, 1.54) is 22.2 Å². The largest absolute Gasteiger partial charge is 0.357 e. The van der Waals surface area contributed by atoms with Crippen molar-refractivity contribution in [1.82, 2.24) is 15.2 Å². The van der Waals surface area contributed by atoms with Crippen molar-refractivity contribution in [2.75, 3.05) is 26.2 Å². The van der Waals surface area contributed by atoms with E-state index in [9.17, 15) is 0 Å². The smallest absolute Gasteiger partial charge is 0.0470 e. The zero-order chi connectivity index (χ0) is 12.5. The van der Waals surface area contributed by atoms with Gasteiger partial charge in [-0.1, -0.05) is 22.0 Å². The number of aromatic nitrogens is 1. The van der Waals surface area contributed by atoms with Crippen LogP contribution in [0.25, 0.3) is 10.9 Å². The quantitative estimate of drug-likeness (QED) is 0.893. The Hall–Kier alpha value is -0.840. The normalized spacial score (nSPS) is 17.4. The number of benzene rings is 1. The Morgan fingerprint density at radius 3 is 2.83 bits per heavy atom. The third-order valence-corrected chi connectivity index (χ3v) is 4.21. The van der Waals surface area contributed by atoms with Gasteiger partial charge in [-0.15, -0.1) is 0 Å². The van der Waals surface area contributed by atoms with Crippen molar-refractivity contribution in [3.05, 3.63) is 33.9 Å². The van der Waals surface area contributed by atoms with Crippen LogP contribution in [0.3, 0.4) is 0 Å². The Morgan fingerprint density at radius 1 is 1.28 bits per heavy atom. The first kappa shape index (κ1) is 12.2. The Bertz CT molecular complexity index is 555. The van der Waals surface area contributed by atoms with Crippen LogP contribution < -0.4 is 5.32 Å². The van der Waals surface area contributed by atoms with Crippen molar-refractivity contribution in [2.24, 2.45) is 0 Å². The molecule has 0 atom stereocenters. The number of nitrogens with one attached hydrogen (secondary N) is 2. The average Bonchev–Trinajstić information content (AvgIpc) is 2.67. The molecule has 3 rings (SSSR count). The van der Waals surface area contributed by atoms with Crippen molar-refractivity contribution in [3.63, 3.8) is 0 Å². The minimum Gasteiger partial charge on any atom is -0.357 e. The average molecular weight is 308 g/mol. The zero-order valence-electron chi connectivity index (χ0n) is 10.6. The monoisotopic (exact) mass is 307 g/mol. The lowest BCUT2D eigenvalue weighted by Crippen LogP contribution is -2.43. The van der Waals surface area contributed by atoms with Crippen LogP contribution in [0.1, 0.15) is 11.3 Å². The minimum absolute atomic E-state index is 1.03. The minimum atomic E-state index is 1.03. The number of hydrogen-bond donors (Lipinski definition) is 2. The zero-order valence-corrected chi connectivity index (χ0v) is 12.2. The van der Waals surface area contributed by atoms with Gasteiger partial charge < -0.3 is 10.3 Å². The summed E-state index contributed by atoms with van der Waals surface area (Å²) in [6, 6.07) is 6.45. The molecule has 1 aromatic heterocycles. The van der Waals surface area contributed by atoms with E-state index in [1.807, 2.05) is 0 Å². The first-order valence-electron chi connectivity index (χ1n) is 6.44. The second-order valence-corrected chi connectivity index (χ2v) is 5.86. The molecule has 1 aliphatic heterocycles. The summed E-state index contributed by atoms with van der Waals surface area (Å²) in [4.78, 5) is 6.06. The number of aromatic amines is 1. The standard InChI is InChI=1S/C14H18BrN3/c1-10-12-3-2-11(15)8-13(12)17-14(10)9-18-6-4-16-5-7-18/h2-3,8,16-17H,4-7,9H2,1H3. The summed E-state index contributed by atoms with van der Waals surface area (Å²) >= 11 is 3.53. The molecule has 1 aliphatic rings. The van der Waals surface area contributed by atoms with Gasteiger partial charge in [0, 0.05) is 53.8 Å². The van der Waals surface area contributed by atoms with Crippen LogP contribution in [-0.4, -0.2) is 36.1 Å². The van der Waals surface area contributed by atoms with Crippen molar-refractivity contribution in [1.29, 1.82) is 0 Å². The fourth-order valence-electron chi connectivity index (χ4n) is 2.62. The molecule has 0 spiro atoms. The molecular formula is C14H18BrN3. The van der Waals surface area contributed by atoms with Crippen LogP contribution in [0, 0.1) is 6.92 Å². The van der Waals surface area contributed by atoms with Gasteiger partial charge in [-0.05, 0) is 24.6 Å². The molecule has 0 amide bonds. The summed E-state index contributed by atoms with van der Waals surface area (Å²) in [5.74, 6) is 0. The second kappa shape index (κ2) is 5.03. The van der Waals surface area contributed by atoms with Crippen LogP contribution >= 0.6 is 15.9 Å². The first-order chi connectivity index (χ1) is 8.74. The third kappa shape index (κ3) is 2.32. The lowest BCUT2D eigenvalue weighted by Gasteiger charge is -2.26. The van der Waals surface area contributed by atoms with E-state index < -0.39 is 0 Å². The highest BCUT2D eigenvalue weighted by Crippen LogP contribution is 2.25. The fraction of sp³-hybridized carbons (Fsp3) is 0.429. The molecule has 0 aliphatic carbocycles. The van der Waals surface area contributed by atoms with E-state index in [0.29, 0.717) is 0 Å². The molecule has 1 saturated heterocycles. The molecule has 96 valence electrons. The van der Waals surface area contributed by atoms with Crippen LogP contribution in [0.4, 0.5) is 0 Å². The molecule has 0 bridgehead atoms. The summed E-state index contributed by atoms with van der Waals surface area (Å²) in [6.07, 6.45) is 0. The number of nitrogens with zero attached hydrogens (tertiary/aromatic N) is 1. The molecule has 4 heteroatoms. The SMILES string of the molecule is Cc1c(CN2CCNCC2)[nH]c2cc(Br)ccc12. The fourth-order valence-corrected chi connectivity index (χ4v) is 2.98. The van der Waals surface area contributed by atoms with Crippen molar-refractivity contribution in [2.45, 2.75) is 13.5 Å². The molecule has 3 nitrogen and oxygen atoms in total. The highest BCUT2D eigenvalue weighted by Gasteiger charge is 2.14. The summed E-state index contributed by atoms with van der Waals surface area (Å²) in [5, 5.41) is 4.73. The number of aryl methyl sites for hydroxylation is 1. The maximum atomic E-state index is 3.56. The van der Waals surface area contributed by atoms with Crippen molar-refractivity contribution >= 4 is 26.8 Å². The topological polar surface area (TPSA) is 31.1 Å². The molecule has 0 saturated carbocycles. The van der Waals surface area contributed by atoms with Gasteiger partial charge in [0.1, 0.15) is 0 Å². The number of piperazine rings is 1. The Labute approximate surface area is 116 Å². The molecule has 2 aromatic rings. The van der Waals surface area contributed by atoms with Gasteiger partial charge in [-0.25, -0.2) is 0 Å². The van der Waals surface area contributed by atoms with Gasteiger partial charge >= 0.3 is 0 Å². The first-order valence-corrected chi connectivity index (χ1v) is 7.23. The van der Waals surface area contributed by atoms with Crippen LogP contribution in [-0.2, 0) is 6.54 Å². The summed E-state index contributed by atoms with van der Waals surface area (Å²) in [5.41, 5.74) is 3.97. The molecular weight excluding hydrogens is 290 g/mol. The molecule has 1 aromatic carbocycles. The maximum absolute atomic E-state index is 3.56. The van der Waals surface area contributed by atoms with E-state index in [-0.39, 0.29) is 0 Å². The van der Waals surface area contributed by atoms with Crippen LogP contribution in [0.15, 0.2) is 22.7 Å². The summed E-state index contributed by atoms with van der Waals surface area (Å²) in [6.45, 7) is 7.72. The molecule has 18 heavy (non-hydrogen) atoms. The molecule has 0 radical (unpaired) electrons. The van der Waals surface area contributed by atoms with Gasteiger partial charge in [0.15, 0.2) is 0 Å². The highest BCUT2D eigenvalue weighted by molar-refractivity contribution is 9.10. The van der Waals surface area contributed by atoms with Gasteiger partial charge in [0.05, 0.1) is 0 Å². The Balaban J connectivity index is 1.89. The second-order valence-electron chi connectivity index (χ2n) is 4.94. The van der Waals surface area contributed by atoms with Crippen LogP contribution in [0.2, 0.25) is 0 Å². The van der Waals surface area contributed by atoms with Crippen molar-refractivity contribution in [3.8, 4) is 0 Å². The molecule has 2 heterocycles.